The third kappa shape index (κ3) is 5.19. The van der Waals surface area contributed by atoms with E-state index in [9.17, 15) is 0 Å². The quantitative estimate of drug-likeness (QED) is 0.517. The van der Waals surface area contributed by atoms with Crippen molar-refractivity contribution in [2.45, 2.75) is 58.4 Å². The molecule has 2 atom stereocenters. The lowest BCUT2D eigenvalue weighted by atomic mass is 9.88. The minimum absolute atomic E-state index is 0.446. The van der Waals surface area contributed by atoms with Gasteiger partial charge in [-0.3, -0.25) is 11.3 Å². The number of nitrogens with one attached hydrogen (secondary N) is 1. The van der Waals surface area contributed by atoms with E-state index in [0.717, 1.165) is 12.8 Å². The van der Waals surface area contributed by atoms with Crippen LogP contribution in [0.2, 0.25) is 0 Å². The summed E-state index contributed by atoms with van der Waals surface area (Å²) in [5.41, 5.74) is 4.44. The summed E-state index contributed by atoms with van der Waals surface area (Å²) < 4.78 is 0. The van der Waals surface area contributed by atoms with Crippen LogP contribution in [0.25, 0.3) is 0 Å². The summed E-state index contributed by atoms with van der Waals surface area (Å²) in [6.45, 7) is 4.52. The lowest BCUT2D eigenvalue weighted by molar-refractivity contribution is 0.306. The van der Waals surface area contributed by atoms with Crippen LogP contribution in [0, 0.1) is 5.92 Å². The highest BCUT2D eigenvalue weighted by molar-refractivity contribution is 5.14. The molecule has 0 radical (unpaired) electrons. The van der Waals surface area contributed by atoms with Gasteiger partial charge in [0.05, 0.1) is 0 Å². The van der Waals surface area contributed by atoms with Gasteiger partial charge in [-0.2, -0.15) is 0 Å². The maximum absolute atomic E-state index is 5.74. The van der Waals surface area contributed by atoms with E-state index in [-0.39, 0.29) is 0 Å². The molecule has 0 bridgehead atoms. The molecule has 2 unspecified atom stereocenters. The van der Waals surface area contributed by atoms with Gasteiger partial charge >= 0.3 is 0 Å². The standard InChI is InChI=1S/C16H28N2/c1-3-5-11-15(4-2)16(18-17)13-12-14-9-7-6-8-10-14/h6-10,15-16,18H,3-5,11-13,17H2,1-2H3. The van der Waals surface area contributed by atoms with Crippen molar-refractivity contribution in [2.75, 3.05) is 0 Å². The van der Waals surface area contributed by atoms with E-state index in [4.69, 9.17) is 5.84 Å². The summed E-state index contributed by atoms with van der Waals surface area (Å²) in [5, 5.41) is 0. The highest BCUT2D eigenvalue weighted by atomic mass is 15.2. The Morgan fingerprint density at radius 2 is 1.83 bits per heavy atom. The molecule has 0 fully saturated rings. The minimum Gasteiger partial charge on any atom is -0.271 e. The fraction of sp³-hybridized carbons (Fsp3) is 0.625. The average molecular weight is 248 g/mol. The molecule has 3 N–H and O–H groups in total. The molecule has 2 nitrogen and oxygen atoms in total. The number of hydrazine groups is 1. The van der Waals surface area contributed by atoms with Gasteiger partial charge < -0.3 is 0 Å². The third-order valence-corrected chi connectivity index (χ3v) is 3.82. The van der Waals surface area contributed by atoms with E-state index in [1.165, 1.54) is 31.2 Å². The van der Waals surface area contributed by atoms with E-state index in [0.29, 0.717) is 12.0 Å². The number of unbranched alkanes of at least 4 members (excludes halogenated alkanes) is 1. The van der Waals surface area contributed by atoms with Crippen molar-refractivity contribution in [3.05, 3.63) is 35.9 Å². The summed E-state index contributed by atoms with van der Waals surface area (Å²) in [5.74, 6) is 6.44. The molecule has 0 amide bonds. The zero-order valence-corrected chi connectivity index (χ0v) is 11.9. The molecular formula is C16H28N2. The maximum atomic E-state index is 5.74. The third-order valence-electron chi connectivity index (χ3n) is 3.82. The van der Waals surface area contributed by atoms with E-state index >= 15 is 0 Å². The first-order valence-electron chi connectivity index (χ1n) is 7.31. The SMILES string of the molecule is CCCCC(CC)C(CCc1ccccc1)NN. The molecule has 0 spiro atoms. The van der Waals surface area contributed by atoms with Gasteiger partial charge in [-0.05, 0) is 30.7 Å². The Morgan fingerprint density at radius 3 is 2.39 bits per heavy atom. The van der Waals surface area contributed by atoms with Gasteiger partial charge in [0, 0.05) is 6.04 Å². The van der Waals surface area contributed by atoms with Gasteiger partial charge in [-0.1, -0.05) is 63.4 Å². The van der Waals surface area contributed by atoms with Crippen LogP contribution in [0.1, 0.15) is 51.5 Å². The highest BCUT2D eigenvalue weighted by Gasteiger charge is 2.17. The lowest BCUT2D eigenvalue weighted by Crippen LogP contribution is -2.41. The largest absolute Gasteiger partial charge is 0.271 e. The van der Waals surface area contributed by atoms with Gasteiger partial charge in [0.1, 0.15) is 0 Å². The van der Waals surface area contributed by atoms with Crippen molar-refractivity contribution in [3.63, 3.8) is 0 Å². The predicted octanol–water partition coefficient (Wildman–Crippen LogP) is 3.67. The first-order valence-corrected chi connectivity index (χ1v) is 7.31. The van der Waals surface area contributed by atoms with Crippen LogP contribution in [0.15, 0.2) is 30.3 Å². The van der Waals surface area contributed by atoms with Gasteiger partial charge in [0.2, 0.25) is 0 Å². The summed E-state index contributed by atoms with van der Waals surface area (Å²) in [7, 11) is 0. The Bertz CT molecular complexity index is 297. The number of benzene rings is 1. The van der Waals surface area contributed by atoms with Gasteiger partial charge in [-0.15, -0.1) is 0 Å². The molecule has 18 heavy (non-hydrogen) atoms. The van der Waals surface area contributed by atoms with Crippen LogP contribution in [-0.2, 0) is 6.42 Å². The van der Waals surface area contributed by atoms with Crippen LogP contribution in [0.4, 0.5) is 0 Å². The van der Waals surface area contributed by atoms with Crippen molar-refractivity contribution < 1.29 is 0 Å². The van der Waals surface area contributed by atoms with Gasteiger partial charge in [0.25, 0.3) is 0 Å². The zero-order valence-electron chi connectivity index (χ0n) is 11.9. The van der Waals surface area contributed by atoms with Crippen molar-refractivity contribution in [1.29, 1.82) is 0 Å². The molecule has 1 aromatic carbocycles. The molecule has 0 saturated carbocycles. The number of nitrogens with two attached hydrogens (primary N) is 1. The average Bonchev–Trinajstić information content (AvgIpc) is 2.43. The minimum atomic E-state index is 0.446. The van der Waals surface area contributed by atoms with Gasteiger partial charge in [-0.25, -0.2) is 0 Å². The molecule has 0 aliphatic carbocycles. The van der Waals surface area contributed by atoms with Crippen molar-refractivity contribution in [1.82, 2.24) is 5.43 Å². The number of hydrogen-bond donors (Lipinski definition) is 2. The fourth-order valence-electron chi connectivity index (χ4n) is 2.58. The monoisotopic (exact) mass is 248 g/mol. The van der Waals surface area contributed by atoms with Crippen LogP contribution in [-0.4, -0.2) is 6.04 Å². The molecule has 0 saturated heterocycles. The van der Waals surface area contributed by atoms with Crippen LogP contribution >= 0.6 is 0 Å². The molecule has 0 aliphatic rings. The van der Waals surface area contributed by atoms with E-state index in [2.05, 4.69) is 49.6 Å². The summed E-state index contributed by atoms with van der Waals surface area (Å²) >= 11 is 0. The number of hydrogen-bond acceptors (Lipinski definition) is 2. The second kappa shape index (κ2) is 9.12. The number of rotatable bonds is 9. The second-order valence-electron chi connectivity index (χ2n) is 5.11. The van der Waals surface area contributed by atoms with E-state index in [1.54, 1.807) is 0 Å². The molecule has 1 rings (SSSR count). The molecule has 1 aromatic rings. The zero-order chi connectivity index (χ0) is 13.2. The summed E-state index contributed by atoms with van der Waals surface area (Å²) in [6.07, 6.45) is 7.32. The molecule has 102 valence electrons. The fourth-order valence-corrected chi connectivity index (χ4v) is 2.58. The second-order valence-corrected chi connectivity index (χ2v) is 5.11. The highest BCUT2D eigenvalue weighted by Crippen LogP contribution is 2.20. The van der Waals surface area contributed by atoms with E-state index < -0.39 is 0 Å². The summed E-state index contributed by atoms with van der Waals surface area (Å²) in [6, 6.07) is 11.1. The molecule has 0 aromatic heterocycles. The topological polar surface area (TPSA) is 38.0 Å². The Balaban J connectivity index is 2.44. The number of aryl methyl sites for hydroxylation is 1. The van der Waals surface area contributed by atoms with Crippen LogP contribution in [0.5, 0.6) is 0 Å². The molecule has 2 heteroatoms. The van der Waals surface area contributed by atoms with Crippen molar-refractivity contribution in [3.8, 4) is 0 Å². The van der Waals surface area contributed by atoms with Gasteiger partial charge in [0.15, 0.2) is 0 Å². The van der Waals surface area contributed by atoms with Crippen molar-refractivity contribution in [2.24, 2.45) is 11.8 Å². The molecule has 0 heterocycles. The first kappa shape index (κ1) is 15.2. The Kier molecular flexibility index (Phi) is 7.70. The molecular weight excluding hydrogens is 220 g/mol. The summed E-state index contributed by atoms with van der Waals surface area (Å²) in [4.78, 5) is 0. The predicted molar refractivity (Wildman–Crippen MR) is 79.2 cm³/mol. The van der Waals surface area contributed by atoms with Crippen LogP contribution < -0.4 is 11.3 Å². The van der Waals surface area contributed by atoms with Crippen LogP contribution in [0.3, 0.4) is 0 Å². The van der Waals surface area contributed by atoms with Crippen molar-refractivity contribution >= 4 is 0 Å². The first-order chi connectivity index (χ1) is 8.81. The lowest BCUT2D eigenvalue weighted by Gasteiger charge is -2.25. The molecule has 0 aliphatic heterocycles. The Hall–Kier alpha value is -0.860. The Labute approximate surface area is 112 Å². The Morgan fingerprint density at radius 1 is 1.11 bits per heavy atom. The maximum Gasteiger partial charge on any atom is 0.0241 e. The smallest absolute Gasteiger partial charge is 0.0241 e. The normalized spacial score (nSPS) is 14.4. The van der Waals surface area contributed by atoms with E-state index in [1.807, 2.05) is 0 Å².